The molecule has 1 aromatic carbocycles. The Morgan fingerprint density at radius 3 is 2.65 bits per heavy atom. The minimum absolute atomic E-state index is 0.0994. The molecule has 0 N–H and O–H groups in total. The molecule has 0 aromatic heterocycles. The molecule has 0 aliphatic carbocycles. The Kier molecular flexibility index (Phi) is 3.66. The summed E-state index contributed by atoms with van der Waals surface area (Å²) in [5.74, 6) is -0.396. The molecular weight excluding hydrogens is 333 g/mol. The average molecular weight is 343 g/mol. The average Bonchev–Trinajstić information content (AvgIpc) is 2.18. The number of nitrogens with zero attached hydrogens (tertiary/aromatic N) is 1. The van der Waals surface area contributed by atoms with Crippen LogP contribution in [0.4, 0.5) is 10.1 Å². The van der Waals surface area contributed by atoms with Crippen LogP contribution in [0.1, 0.15) is 12.8 Å². The van der Waals surface area contributed by atoms with Crippen LogP contribution < -0.4 is 4.31 Å². The highest BCUT2D eigenvalue weighted by Gasteiger charge is 2.29. The number of hydrogen-bond donors (Lipinski definition) is 0. The van der Waals surface area contributed by atoms with Crippen molar-refractivity contribution in [3.63, 3.8) is 0 Å². The van der Waals surface area contributed by atoms with Gasteiger partial charge in [0.25, 0.3) is 0 Å². The first-order valence-electron chi connectivity index (χ1n) is 5.07. The van der Waals surface area contributed by atoms with Gasteiger partial charge in [-0.1, -0.05) is 11.6 Å². The lowest BCUT2D eigenvalue weighted by atomic mass is 10.3. The third kappa shape index (κ3) is 2.58. The molecule has 0 unspecified atom stereocenters. The highest BCUT2D eigenvalue weighted by molar-refractivity contribution is 9.10. The summed E-state index contributed by atoms with van der Waals surface area (Å²) in [6, 6.07) is 2.33. The molecule has 0 spiro atoms. The van der Waals surface area contributed by atoms with E-state index >= 15 is 0 Å². The minimum Gasteiger partial charge on any atom is -0.268 e. The monoisotopic (exact) mass is 341 g/mol. The standard InChI is InChI=1S/C10H10BrClFNO2S/c11-8-5-7(13)6-9(12)10(8)14-3-1-2-4-17(14,15)16/h5-6H,1-4H2. The molecule has 1 aromatic rings. The molecule has 0 amide bonds. The number of anilines is 1. The largest absolute Gasteiger partial charge is 0.268 e. The first-order chi connectivity index (χ1) is 7.92. The number of rotatable bonds is 1. The van der Waals surface area contributed by atoms with Gasteiger partial charge < -0.3 is 0 Å². The Bertz CT molecular complexity index is 526. The molecule has 0 atom stereocenters. The Labute approximate surface area is 113 Å². The molecule has 1 saturated heterocycles. The fourth-order valence-corrected chi connectivity index (χ4v) is 4.72. The predicted molar refractivity (Wildman–Crippen MR) is 69.5 cm³/mol. The zero-order valence-corrected chi connectivity index (χ0v) is 11.9. The summed E-state index contributed by atoms with van der Waals surface area (Å²) in [5.41, 5.74) is 0.327. The third-order valence-corrected chi connectivity index (χ3v) is 5.31. The van der Waals surface area contributed by atoms with Gasteiger partial charge in [0.05, 0.1) is 16.5 Å². The summed E-state index contributed by atoms with van der Waals surface area (Å²) in [7, 11) is -3.34. The van der Waals surface area contributed by atoms with Crippen LogP contribution >= 0.6 is 27.5 Å². The second kappa shape index (κ2) is 4.74. The summed E-state index contributed by atoms with van der Waals surface area (Å²) >= 11 is 9.07. The number of benzene rings is 1. The molecule has 1 aliphatic rings. The Hall–Kier alpha value is -0.330. The van der Waals surface area contributed by atoms with Crippen molar-refractivity contribution < 1.29 is 12.8 Å². The minimum atomic E-state index is -3.34. The zero-order chi connectivity index (χ0) is 12.6. The van der Waals surface area contributed by atoms with Crippen molar-refractivity contribution in [3.8, 4) is 0 Å². The van der Waals surface area contributed by atoms with Crippen LogP contribution in [0.2, 0.25) is 5.02 Å². The van der Waals surface area contributed by atoms with E-state index in [-0.39, 0.29) is 10.8 Å². The van der Waals surface area contributed by atoms with E-state index in [0.29, 0.717) is 23.1 Å². The lowest BCUT2D eigenvalue weighted by Crippen LogP contribution is -2.38. The maximum atomic E-state index is 13.1. The maximum absolute atomic E-state index is 13.1. The van der Waals surface area contributed by atoms with E-state index in [2.05, 4.69) is 15.9 Å². The van der Waals surface area contributed by atoms with Crippen LogP contribution in [0.3, 0.4) is 0 Å². The van der Waals surface area contributed by atoms with Gasteiger partial charge in [0.1, 0.15) is 5.82 Å². The normalized spacial score (nSPS) is 19.4. The van der Waals surface area contributed by atoms with E-state index in [1.807, 2.05) is 0 Å². The summed E-state index contributed by atoms with van der Waals surface area (Å²) in [5, 5.41) is 0.0994. The van der Waals surface area contributed by atoms with Gasteiger partial charge in [0.2, 0.25) is 10.0 Å². The summed E-state index contributed by atoms with van der Waals surface area (Å²) in [6.07, 6.45) is 1.43. The van der Waals surface area contributed by atoms with Crippen LogP contribution in [-0.2, 0) is 10.0 Å². The van der Waals surface area contributed by atoms with Gasteiger partial charge in [-0.05, 0) is 40.9 Å². The lowest BCUT2D eigenvalue weighted by Gasteiger charge is -2.29. The van der Waals surface area contributed by atoms with Gasteiger partial charge in [-0.25, -0.2) is 12.8 Å². The van der Waals surface area contributed by atoms with Gasteiger partial charge in [-0.3, -0.25) is 4.31 Å². The van der Waals surface area contributed by atoms with Gasteiger partial charge in [0.15, 0.2) is 0 Å². The molecule has 1 fully saturated rings. The van der Waals surface area contributed by atoms with Crippen molar-refractivity contribution in [1.29, 1.82) is 0 Å². The van der Waals surface area contributed by atoms with Crippen LogP contribution in [0, 0.1) is 5.82 Å². The summed E-state index contributed by atoms with van der Waals surface area (Å²) in [6.45, 7) is 0.381. The molecule has 1 heterocycles. The number of hydrogen-bond acceptors (Lipinski definition) is 2. The third-order valence-electron chi connectivity index (χ3n) is 2.58. The molecule has 1 aliphatic heterocycles. The first kappa shape index (κ1) is 13.1. The second-order valence-electron chi connectivity index (χ2n) is 3.81. The van der Waals surface area contributed by atoms with E-state index in [1.165, 1.54) is 10.4 Å². The molecule has 0 saturated carbocycles. The Morgan fingerprint density at radius 1 is 1.35 bits per heavy atom. The Balaban J connectivity index is 2.53. The molecule has 3 nitrogen and oxygen atoms in total. The zero-order valence-electron chi connectivity index (χ0n) is 8.79. The number of halogens is 3. The maximum Gasteiger partial charge on any atom is 0.235 e. The van der Waals surface area contributed by atoms with Crippen molar-refractivity contribution in [2.45, 2.75) is 12.8 Å². The van der Waals surface area contributed by atoms with Crippen molar-refractivity contribution in [2.75, 3.05) is 16.6 Å². The smallest absolute Gasteiger partial charge is 0.235 e. The Morgan fingerprint density at radius 2 is 2.06 bits per heavy atom. The van der Waals surface area contributed by atoms with Gasteiger partial charge in [-0.2, -0.15) is 0 Å². The van der Waals surface area contributed by atoms with E-state index in [0.717, 1.165) is 12.5 Å². The molecule has 0 bridgehead atoms. The second-order valence-corrected chi connectivity index (χ2v) is 7.09. The molecule has 94 valence electrons. The van der Waals surface area contributed by atoms with Crippen molar-refractivity contribution in [2.24, 2.45) is 0 Å². The van der Waals surface area contributed by atoms with E-state index in [4.69, 9.17) is 11.6 Å². The summed E-state index contributed by atoms with van der Waals surface area (Å²) < 4.78 is 38.5. The first-order valence-corrected chi connectivity index (χ1v) is 7.85. The van der Waals surface area contributed by atoms with Gasteiger partial charge >= 0.3 is 0 Å². The SMILES string of the molecule is O=S1(=O)CCCCN1c1c(Cl)cc(F)cc1Br. The van der Waals surface area contributed by atoms with Crippen molar-refractivity contribution in [3.05, 3.63) is 27.4 Å². The lowest BCUT2D eigenvalue weighted by molar-refractivity contribution is 0.574. The predicted octanol–water partition coefficient (Wildman–Crippen LogP) is 3.17. The van der Waals surface area contributed by atoms with Gasteiger partial charge in [0, 0.05) is 11.0 Å². The van der Waals surface area contributed by atoms with Crippen molar-refractivity contribution >= 4 is 43.2 Å². The van der Waals surface area contributed by atoms with Crippen molar-refractivity contribution in [1.82, 2.24) is 0 Å². The molecule has 7 heteroatoms. The highest BCUT2D eigenvalue weighted by atomic mass is 79.9. The molecular formula is C10H10BrClFNO2S. The van der Waals surface area contributed by atoms with Crippen LogP contribution in [-0.4, -0.2) is 20.7 Å². The quantitative estimate of drug-likeness (QED) is 0.786. The summed E-state index contributed by atoms with van der Waals surface area (Å²) in [4.78, 5) is 0. The topological polar surface area (TPSA) is 37.4 Å². The number of sulfonamides is 1. The van der Waals surface area contributed by atoms with E-state index in [9.17, 15) is 12.8 Å². The molecule has 2 rings (SSSR count). The van der Waals surface area contributed by atoms with E-state index in [1.54, 1.807) is 0 Å². The molecule has 0 radical (unpaired) electrons. The van der Waals surface area contributed by atoms with Crippen LogP contribution in [0.15, 0.2) is 16.6 Å². The molecule has 17 heavy (non-hydrogen) atoms. The van der Waals surface area contributed by atoms with Crippen LogP contribution in [0.25, 0.3) is 0 Å². The fraction of sp³-hybridized carbons (Fsp3) is 0.400. The van der Waals surface area contributed by atoms with Crippen LogP contribution in [0.5, 0.6) is 0 Å². The van der Waals surface area contributed by atoms with E-state index < -0.39 is 15.8 Å². The highest BCUT2D eigenvalue weighted by Crippen LogP contribution is 2.37. The fourth-order valence-electron chi connectivity index (χ4n) is 1.81. The van der Waals surface area contributed by atoms with Gasteiger partial charge in [-0.15, -0.1) is 0 Å².